The quantitative estimate of drug-likeness (QED) is 0.896. The zero-order chi connectivity index (χ0) is 14.5. The maximum absolute atomic E-state index is 10.9. The number of hydrogen-bond acceptors (Lipinski definition) is 3. The maximum Gasteiger partial charge on any atom is 0.407 e. The fourth-order valence-corrected chi connectivity index (χ4v) is 2.70. The van der Waals surface area contributed by atoms with Crippen LogP contribution < -0.4 is 4.74 Å². The van der Waals surface area contributed by atoms with Gasteiger partial charge < -0.3 is 19.6 Å². The van der Waals surface area contributed by atoms with E-state index in [4.69, 9.17) is 9.84 Å². The number of benzene rings is 1. The van der Waals surface area contributed by atoms with Crippen molar-refractivity contribution in [3.05, 3.63) is 29.8 Å². The van der Waals surface area contributed by atoms with Gasteiger partial charge in [-0.25, -0.2) is 4.79 Å². The Labute approximate surface area is 119 Å². The summed E-state index contributed by atoms with van der Waals surface area (Å²) in [6.45, 7) is 3.11. The van der Waals surface area contributed by atoms with E-state index in [1.165, 1.54) is 10.5 Å². The van der Waals surface area contributed by atoms with Crippen molar-refractivity contribution in [1.29, 1.82) is 0 Å². The van der Waals surface area contributed by atoms with Gasteiger partial charge in [0.25, 0.3) is 0 Å². The molecule has 20 heavy (non-hydrogen) atoms. The first-order valence-corrected chi connectivity index (χ1v) is 6.88. The van der Waals surface area contributed by atoms with Crippen molar-refractivity contribution in [2.75, 3.05) is 33.8 Å². The van der Waals surface area contributed by atoms with Crippen molar-refractivity contribution in [1.82, 2.24) is 9.80 Å². The Kier molecular flexibility index (Phi) is 4.84. The molecule has 0 saturated carbocycles. The summed E-state index contributed by atoms with van der Waals surface area (Å²) in [5.41, 5.74) is 1.24. The molecule has 1 atom stereocenters. The van der Waals surface area contributed by atoms with E-state index in [9.17, 15) is 4.79 Å². The molecular formula is C15H22N2O3. The Bertz CT molecular complexity index is 447. The molecule has 5 heteroatoms. The van der Waals surface area contributed by atoms with Crippen molar-refractivity contribution < 1.29 is 14.6 Å². The zero-order valence-corrected chi connectivity index (χ0v) is 12.1. The van der Waals surface area contributed by atoms with Crippen LogP contribution in [0.15, 0.2) is 24.3 Å². The largest absolute Gasteiger partial charge is 0.497 e. The topological polar surface area (TPSA) is 53.0 Å². The molecule has 0 bridgehead atoms. The van der Waals surface area contributed by atoms with E-state index in [0.717, 1.165) is 25.3 Å². The molecule has 1 heterocycles. The Hall–Kier alpha value is -1.75. The maximum atomic E-state index is 10.9. The Morgan fingerprint density at radius 2 is 2.15 bits per heavy atom. The first kappa shape index (κ1) is 14.7. The van der Waals surface area contributed by atoms with Gasteiger partial charge in [0.05, 0.1) is 7.11 Å². The third-order valence-electron chi connectivity index (χ3n) is 3.74. The molecule has 1 aromatic carbocycles. The molecular weight excluding hydrogens is 256 g/mol. The van der Waals surface area contributed by atoms with Crippen molar-refractivity contribution in [3.63, 3.8) is 0 Å². The van der Waals surface area contributed by atoms with Crippen LogP contribution in [0.5, 0.6) is 5.75 Å². The molecule has 1 unspecified atom stereocenters. The van der Waals surface area contributed by atoms with Crippen LogP contribution in [0.3, 0.4) is 0 Å². The highest BCUT2D eigenvalue weighted by molar-refractivity contribution is 5.65. The molecule has 1 aromatic rings. The van der Waals surface area contributed by atoms with Crippen molar-refractivity contribution in [2.45, 2.75) is 13.0 Å². The van der Waals surface area contributed by atoms with Gasteiger partial charge in [-0.1, -0.05) is 12.1 Å². The summed E-state index contributed by atoms with van der Waals surface area (Å²) in [5.74, 6) is 1.30. The van der Waals surface area contributed by atoms with Gasteiger partial charge in [-0.15, -0.1) is 0 Å². The van der Waals surface area contributed by atoms with Gasteiger partial charge in [0.1, 0.15) is 5.75 Å². The Morgan fingerprint density at radius 1 is 1.45 bits per heavy atom. The van der Waals surface area contributed by atoms with Crippen LogP contribution in [0.25, 0.3) is 0 Å². The third-order valence-corrected chi connectivity index (χ3v) is 3.74. The fourth-order valence-electron chi connectivity index (χ4n) is 2.70. The molecule has 1 N–H and O–H groups in total. The van der Waals surface area contributed by atoms with E-state index in [1.807, 2.05) is 12.1 Å². The first-order valence-electron chi connectivity index (χ1n) is 6.88. The predicted octanol–water partition coefficient (Wildman–Crippen LogP) is 2.13. The van der Waals surface area contributed by atoms with E-state index in [1.54, 1.807) is 7.11 Å². The SMILES string of the molecule is COc1ccc(CN(C)CC2CCN(C(=O)O)C2)cc1. The summed E-state index contributed by atoms with van der Waals surface area (Å²) < 4.78 is 5.14. The van der Waals surface area contributed by atoms with Crippen molar-refractivity contribution in [2.24, 2.45) is 5.92 Å². The highest BCUT2D eigenvalue weighted by Gasteiger charge is 2.26. The van der Waals surface area contributed by atoms with Gasteiger partial charge in [0, 0.05) is 26.2 Å². The van der Waals surface area contributed by atoms with Gasteiger partial charge in [-0.2, -0.15) is 0 Å². The molecule has 1 saturated heterocycles. The number of ether oxygens (including phenoxy) is 1. The van der Waals surface area contributed by atoms with Crippen LogP contribution in [0.4, 0.5) is 4.79 Å². The van der Waals surface area contributed by atoms with Gasteiger partial charge in [0.15, 0.2) is 0 Å². The van der Waals surface area contributed by atoms with Crippen molar-refractivity contribution >= 4 is 6.09 Å². The van der Waals surface area contributed by atoms with Crippen molar-refractivity contribution in [3.8, 4) is 5.75 Å². The molecule has 0 radical (unpaired) electrons. The molecule has 1 aliphatic rings. The normalized spacial score (nSPS) is 18.6. The van der Waals surface area contributed by atoms with E-state index in [2.05, 4.69) is 24.1 Å². The molecule has 0 aliphatic carbocycles. The monoisotopic (exact) mass is 278 g/mol. The number of carboxylic acid groups (broad SMARTS) is 1. The lowest BCUT2D eigenvalue weighted by molar-refractivity contribution is 0.152. The number of nitrogens with zero attached hydrogens (tertiary/aromatic N) is 2. The summed E-state index contributed by atoms with van der Waals surface area (Å²) in [7, 11) is 3.74. The van der Waals surface area contributed by atoms with E-state index in [0.29, 0.717) is 19.0 Å². The average Bonchev–Trinajstić information content (AvgIpc) is 2.88. The average molecular weight is 278 g/mol. The number of methoxy groups -OCH3 is 1. The number of hydrogen-bond donors (Lipinski definition) is 1. The van der Waals surface area contributed by atoms with E-state index >= 15 is 0 Å². The summed E-state index contributed by atoms with van der Waals surface area (Å²) in [6, 6.07) is 8.05. The van der Waals surface area contributed by atoms with Crippen LogP contribution >= 0.6 is 0 Å². The first-order chi connectivity index (χ1) is 9.58. The highest BCUT2D eigenvalue weighted by atomic mass is 16.5. The number of amides is 1. The second-order valence-electron chi connectivity index (χ2n) is 5.43. The minimum Gasteiger partial charge on any atom is -0.497 e. The Morgan fingerprint density at radius 3 is 2.70 bits per heavy atom. The zero-order valence-electron chi connectivity index (χ0n) is 12.1. The molecule has 1 amide bonds. The number of rotatable bonds is 5. The lowest BCUT2D eigenvalue weighted by Crippen LogP contribution is -2.30. The minimum atomic E-state index is -0.801. The minimum absolute atomic E-state index is 0.439. The van der Waals surface area contributed by atoms with Crippen LogP contribution in [0.2, 0.25) is 0 Å². The smallest absolute Gasteiger partial charge is 0.407 e. The number of carbonyl (C=O) groups is 1. The number of likely N-dealkylation sites (tertiary alicyclic amines) is 1. The third kappa shape index (κ3) is 3.87. The van der Waals surface area contributed by atoms with Gasteiger partial charge in [0.2, 0.25) is 0 Å². The summed E-state index contributed by atoms with van der Waals surface area (Å²) >= 11 is 0. The Balaban J connectivity index is 1.80. The molecule has 110 valence electrons. The lowest BCUT2D eigenvalue weighted by Gasteiger charge is -2.21. The highest BCUT2D eigenvalue weighted by Crippen LogP contribution is 2.18. The molecule has 0 spiro atoms. The van der Waals surface area contributed by atoms with Gasteiger partial charge in [-0.05, 0) is 37.1 Å². The summed E-state index contributed by atoms with van der Waals surface area (Å²) in [6.07, 6.45) is 0.157. The van der Waals surface area contributed by atoms with Crippen LogP contribution in [0.1, 0.15) is 12.0 Å². The van der Waals surface area contributed by atoms with Gasteiger partial charge in [-0.3, -0.25) is 0 Å². The van der Waals surface area contributed by atoms with Gasteiger partial charge >= 0.3 is 6.09 Å². The van der Waals surface area contributed by atoms with Crippen LogP contribution in [-0.4, -0.2) is 54.8 Å². The van der Waals surface area contributed by atoms with E-state index < -0.39 is 6.09 Å². The second kappa shape index (κ2) is 6.61. The predicted molar refractivity (Wildman–Crippen MR) is 77.0 cm³/mol. The molecule has 1 fully saturated rings. The molecule has 5 nitrogen and oxygen atoms in total. The summed E-state index contributed by atoms with van der Waals surface area (Å²) in [5, 5.41) is 8.95. The van der Waals surface area contributed by atoms with Crippen LogP contribution in [0, 0.1) is 5.92 Å². The standard InChI is InChI=1S/C15H22N2O3/c1-16(9-12-3-5-14(20-2)6-4-12)10-13-7-8-17(11-13)15(18)19/h3-6,13H,7-11H2,1-2H3,(H,18,19). The summed E-state index contributed by atoms with van der Waals surface area (Å²) in [4.78, 5) is 14.6. The molecule has 1 aliphatic heterocycles. The second-order valence-corrected chi connectivity index (χ2v) is 5.43. The lowest BCUT2D eigenvalue weighted by atomic mass is 10.1. The molecule has 2 rings (SSSR count). The molecule has 0 aromatic heterocycles. The fraction of sp³-hybridized carbons (Fsp3) is 0.533. The van der Waals surface area contributed by atoms with Crippen LogP contribution in [-0.2, 0) is 6.54 Å². The van der Waals surface area contributed by atoms with E-state index in [-0.39, 0.29) is 0 Å².